The number of rotatable bonds is 8. The van der Waals surface area contributed by atoms with Crippen molar-refractivity contribution in [1.82, 2.24) is 5.32 Å². The summed E-state index contributed by atoms with van der Waals surface area (Å²) in [6.45, 7) is 5.19. The van der Waals surface area contributed by atoms with Gasteiger partial charge in [-0.15, -0.1) is 6.58 Å². The minimum atomic E-state index is -0.155. The first-order valence-corrected chi connectivity index (χ1v) is 6.78. The predicted molar refractivity (Wildman–Crippen MR) is 78.7 cm³/mol. The lowest BCUT2D eigenvalue weighted by Gasteiger charge is -2.08. The summed E-state index contributed by atoms with van der Waals surface area (Å²) in [7, 11) is 1.57. The predicted octanol–water partition coefficient (Wildman–Crippen LogP) is 2.78. The summed E-state index contributed by atoms with van der Waals surface area (Å²) in [6, 6.07) is 5.27. The average Bonchev–Trinajstić information content (AvgIpc) is 2.43. The lowest BCUT2D eigenvalue weighted by atomic mass is 10.2. The van der Waals surface area contributed by atoms with E-state index >= 15 is 0 Å². The summed E-state index contributed by atoms with van der Waals surface area (Å²) in [5.41, 5.74) is 0.547. The topological polar surface area (TPSA) is 47.6 Å². The third kappa shape index (κ3) is 5.44. The van der Waals surface area contributed by atoms with Crippen molar-refractivity contribution in [2.45, 2.75) is 6.42 Å². The molecule has 0 aliphatic heterocycles. The third-order valence-corrected chi connectivity index (χ3v) is 3.11. The highest BCUT2D eigenvalue weighted by Crippen LogP contribution is 2.22. The van der Waals surface area contributed by atoms with Crippen LogP contribution in [0.3, 0.4) is 0 Å². The van der Waals surface area contributed by atoms with Crippen LogP contribution in [0.4, 0.5) is 0 Å². The quantitative estimate of drug-likeness (QED) is 0.590. The van der Waals surface area contributed by atoms with Crippen molar-refractivity contribution in [1.29, 1.82) is 0 Å². The summed E-state index contributed by atoms with van der Waals surface area (Å²) in [4.78, 5) is 12.0. The van der Waals surface area contributed by atoms with E-state index in [2.05, 4.69) is 27.8 Å². The normalized spacial score (nSPS) is 10.0. The van der Waals surface area contributed by atoms with Gasteiger partial charge in [0.25, 0.3) is 5.91 Å². The molecule has 0 atom stereocenters. The van der Waals surface area contributed by atoms with Crippen LogP contribution in [-0.4, -0.2) is 32.8 Å². The number of carbonyl (C=O) groups excluding carboxylic acids is 1. The van der Waals surface area contributed by atoms with E-state index in [4.69, 9.17) is 9.47 Å². The fraction of sp³-hybridized carbons (Fsp3) is 0.357. The fourth-order valence-corrected chi connectivity index (χ4v) is 1.83. The second-order valence-corrected chi connectivity index (χ2v) is 4.65. The van der Waals surface area contributed by atoms with Crippen LogP contribution in [0.1, 0.15) is 16.8 Å². The largest absolute Gasteiger partial charge is 0.497 e. The molecule has 4 nitrogen and oxygen atoms in total. The minimum Gasteiger partial charge on any atom is -0.497 e. The number of hydrogen-bond acceptors (Lipinski definition) is 3. The van der Waals surface area contributed by atoms with E-state index < -0.39 is 0 Å². The Morgan fingerprint density at radius 3 is 2.95 bits per heavy atom. The molecule has 19 heavy (non-hydrogen) atoms. The van der Waals surface area contributed by atoms with Crippen LogP contribution in [-0.2, 0) is 4.74 Å². The smallest absolute Gasteiger partial charge is 0.252 e. The minimum absolute atomic E-state index is 0.155. The van der Waals surface area contributed by atoms with Crippen molar-refractivity contribution in [3.63, 3.8) is 0 Å². The highest BCUT2D eigenvalue weighted by atomic mass is 79.9. The lowest BCUT2D eigenvalue weighted by Crippen LogP contribution is -2.27. The fourth-order valence-electron chi connectivity index (χ4n) is 1.41. The molecule has 1 aromatic rings. The van der Waals surface area contributed by atoms with Crippen molar-refractivity contribution in [3.05, 3.63) is 40.9 Å². The number of methoxy groups -OCH3 is 1. The maximum atomic E-state index is 12.0. The second-order valence-electron chi connectivity index (χ2n) is 3.79. The zero-order chi connectivity index (χ0) is 14.1. The molecule has 5 heteroatoms. The van der Waals surface area contributed by atoms with E-state index in [-0.39, 0.29) is 5.91 Å². The third-order valence-electron chi connectivity index (χ3n) is 2.42. The van der Waals surface area contributed by atoms with Crippen molar-refractivity contribution >= 4 is 21.8 Å². The highest BCUT2D eigenvalue weighted by molar-refractivity contribution is 9.10. The van der Waals surface area contributed by atoms with E-state index in [9.17, 15) is 4.79 Å². The van der Waals surface area contributed by atoms with E-state index in [0.29, 0.717) is 31.1 Å². The first-order chi connectivity index (χ1) is 9.19. The van der Waals surface area contributed by atoms with Gasteiger partial charge in [0.05, 0.1) is 25.9 Å². The van der Waals surface area contributed by atoms with Crippen molar-refractivity contribution in [2.75, 3.05) is 26.9 Å². The maximum Gasteiger partial charge on any atom is 0.252 e. The van der Waals surface area contributed by atoms with Gasteiger partial charge < -0.3 is 14.8 Å². The Bertz CT molecular complexity index is 435. The van der Waals surface area contributed by atoms with Crippen LogP contribution in [0.15, 0.2) is 35.3 Å². The molecular formula is C14H18BrNO3. The molecule has 0 saturated carbocycles. The van der Waals surface area contributed by atoms with Crippen LogP contribution >= 0.6 is 15.9 Å². The monoisotopic (exact) mass is 327 g/mol. The van der Waals surface area contributed by atoms with Gasteiger partial charge in [-0.25, -0.2) is 0 Å². The standard InChI is InChI=1S/C14H18BrNO3/c1-3-4-8-19-9-7-16-14(17)12-10-11(18-2)5-6-13(12)15/h3,5-6,10H,1,4,7-9H2,2H3,(H,16,17). The molecule has 1 N–H and O–H groups in total. The van der Waals surface area contributed by atoms with Crippen LogP contribution in [0.5, 0.6) is 5.75 Å². The summed E-state index contributed by atoms with van der Waals surface area (Å²) in [5.74, 6) is 0.494. The average molecular weight is 328 g/mol. The molecule has 0 saturated heterocycles. The molecule has 0 aliphatic carbocycles. The Kier molecular flexibility index (Phi) is 7.22. The Morgan fingerprint density at radius 2 is 2.26 bits per heavy atom. The molecule has 1 rings (SSSR count). The molecule has 0 bridgehead atoms. The molecule has 104 valence electrons. The summed E-state index contributed by atoms with van der Waals surface area (Å²) >= 11 is 3.34. The SMILES string of the molecule is C=CCCOCCNC(=O)c1cc(OC)ccc1Br. The van der Waals surface area contributed by atoms with Crippen LogP contribution in [0.2, 0.25) is 0 Å². The number of hydrogen-bond donors (Lipinski definition) is 1. The molecule has 1 aromatic carbocycles. The number of amides is 1. The molecule has 0 heterocycles. The van der Waals surface area contributed by atoms with Gasteiger partial charge in [0, 0.05) is 11.0 Å². The highest BCUT2D eigenvalue weighted by Gasteiger charge is 2.10. The van der Waals surface area contributed by atoms with Gasteiger partial charge in [-0.05, 0) is 40.5 Å². The zero-order valence-electron chi connectivity index (χ0n) is 10.9. The summed E-state index contributed by atoms with van der Waals surface area (Å²) < 4.78 is 11.1. The first-order valence-electron chi connectivity index (χ1n) is 5.99. The van der Waals surface area contributed by atoms with E-state index in [1.165, 1.54) is 0 Å². The van der Waals surface area contributed by atoms with Crippen molar-refractivity contribution in [3.8, 4) is 5.75 Å². The van der Waals surface area contributed by atoms with Crippen LogP contribution in [0.25, 0.3) is 0 Å². The van der Waals surface area contributed by atoms with E-state index in [1.54, 1.807) is 31.4 Å². The van der Waals surface area contributed by atoms with Gasteiger partial charge in [0.1, 0.15) is 5.75 Å². The van der Waals surface area contributed by atoms with Gasteiger partial charge in [0.2, 0.25) is 0 Å². The van der Waals surface area contributed by atoms with Gasteiger partial charge in [-0.2, -0.15) is 0 Å². The van der Waals surface area contributed by atoms with E-state index in [1.807, 2.05) is 0 Å². The first kappa shape index (κ1) is 15.7. The van der Waals surface area contributed by atoms with Gasteiger partial charge >= 0.3 is 0 Å². The van der Waals surface area contributed by atoms with E-state index in [0.717, 1.165) is 10.9 Å². The van der Waals surface area contributed by atoms with Crippen LogP contribution < -0.4 is 10.1 Å². The zero-order valence-corrected chi connectivity index (χ0v) is 12.5. The summed E-state index contributed by atoms with van der Waals surface area (Å²) in [6.07, 6.45) is 2.61. The van der Waals surface area contributed by atoms with Gasteiger partial charge in [-0.3, -0.25) is 4.79 Å². The molecule has 0 radical (unpaired) electrons. The molecule has 0 unspecified atom stereocenters. The second kappa shape index (κ2) is 8.72. The van der Waals surface area contributed by atoms with Gasteiger partial charge in [-0.1, -0.05) is 6.08 Å². The summed E-state index contributed by atoms with van der Waals surface area (Å²) in [5, 5.41) is 2.79. The Balaban J connectivity index is 2.42. The number of nitrogens with one attached hydrogen (secondary N) is 1. The molecule has 0 aliphatic rings. The Morgan fingerprint density at radius 1 is 1.47 bits per heavy atom. The molecule has 0 aromatic heterocycles. The molecular weight excluding hydrogens is 310 g/mol. The number of ether oxygens (including phenoxy) is 2. The van der Waals surface area contributed by atoms with Crippen molar-refractivity contribution in [2.24, 2.45) is 0 Å². The molecule has 1 amide bonds. The lowest BCUT2D eigenvalue weighted by molar-refractivity contribution is 0.0917. The molecule has 0 spiro atoms. The number of carbonyl (C=O) groups is 1. The number of halogens is 1. The number of benzene rings is 1. The van der Waals surface area contributed by atoms with Gasteiger partial charge in [0.15, 0.2) is 0 Å². The maximum absolute atomic E-state index is 12.0. The van der Waals surface area contributed by atoms with Crippen LogP contribution in [0, 0.1) is 0 Å². The molecule has 0 fully saturated rings. The van der Waals surface area contributed by atoms with Crippen molar-refractivity contribution < 1.29 is 14.3 Å². The Hall–Kier alpha value is -1.33. The Labute approximate surface area is 121 Å².